The minimum Gasteiger partial charge on any atom is -0.377 e. The van der Waals surface area contributed by atoms with Gasteiger partial charge in [-0.1, -0.05) is 6.07 Å². The van der Waals surface area contributed by atoms with Crippen LogP contribution in [0, 0.1) is 0 Å². The Morgan fingerprint density at radius 2 is 2.19 bits per heavy atom. The third-order valence-corrected chi connectivity index (χ3v) is 3.92. The first-order valence-electron chi connectivity index (χ1n) is 7.30. The second kappa shape index (κ2) is 5.60. The topological polar surface area (TPSA) is 50.2 Å². The summed E-state index contributed by atoms with van der Waals surface area (Å²) in [7, 11) is 1.94. The lowest BCUT2D eigenvalue weighted by Crippen LogP contribution is -2.23. The fourth-order valence-corrected chi connectivity index (χ4v) is 2.82. The Bertz CT molecular complexity index is 649. The minimum absolute atomic E-state index is 0.155. The van der Waals surface area contributed by atoms with Crippen LogP contribution in [-0.4, -0.2) is 22.2 Å². The number of nitrogens with one attached hydrogen (secondary N) is 1. The standard InChI is InChI=1S/C16H20N4O/c1-12(15-8-9-17-19(15)2)18-13-5-3-6-14(11-13)20-10-4-7-16(20)21/h3,5-6,8-9,11-12,18H,4,7,10H2,1-2H3. The summed E-state index contributed by atoms with van der Waals surface area (Å²) < 4.78 is 1.87. The lowest BCUT2D eigenvalue weighted by molar-refractivity contribution is -0.117. The minimum atomic E-state index is 0.155. The molecule has 110 valence electrons. The van der Waals surface area contributed by atoms with Gasteiger partial charge in [0.2, 0.25) is 5.91 Å². The summed E-state index contributed by atoms with van der Waals surface area (Å²) in [6.07, 6.45) is 3.40. The second-order valence-corrected chi connectivity index (χ2v) is 5.44. The maximum atomic E-state index is 11.8. The molecule has 1 aromatic heterocycles. The quantitative estimate of drug-likeness (QED) is 0.939. The first-order valence-corrected chi connectivity index (χ1v) is 7.30. The molecule has 1 saturated heterocycles. The van der Waals surface area contributed by atoms with Gasteiger partial charge in [0.05, 0.1) is 11.7 Å². The number of aromatic nitrogens is 2. The zero-order valence-corrected chi connectivity index (χ0v) is 12.4. The Balaban J connectivity index is 1.77. The van der Waals surface area contributed by atoms with E-state index in [0.29, 0.717) is 6.42 Å². The average molecular weight is 284 g/mol. The molecule has 1 unspecified atom stereocenters. The Kier molecular flexibility index (Phi) is 3.64. The molecule has 2 heterocycles. The molecule has 1 aliphatic heterocycles. The monoisotopic (exact) mass is 284 g/mol. The third-order valence-electron chi connectivity index (χ3n) is 3.92. The van der Waals surface area contributed by atoms with Crippen LogP contribution in [0.25, 0.3) is 0 Å². The molecule has 5 heteroatoms. The van der Waals surface area contributed by atoms with E-state index >= 15 is 0 Å². The molecule has 1 amide bonds. The molecule has 0 saturated carbocycles. The van der Waals surface area contributed by atoms with Crippen LogP contribution in [0.1, 0.15) is 31.5 Å². The number of carbonyl (C=O) groups excluding carboxylic acids is 1. The van der Waals surface area contributed by atoms with Gasteiger partial charge < -0.3 is 10.2 Å². The molecule has 1 fully saturated rings. The van der Waals surface area contributed by atoms with Gasteiger partial charge in [0.15, 0.2) is 0 Å². The summed E-state index contributed by atoms with van der Waals surface area (Å²) in [5, 5.41) is 7.66. The highest BCUT2D eigenvalue weighted by molar-refractivity contribution is 5.95. The normalized spacial score (nSPS) is 16.3. The summed E-state index contributed by atoms with van der Waals surface area (Å²) in [5.41, 5.74) is 3.11. The maximum Gasteiger partial charge on any atom is 0.227 e. The molecule has 0 spiro atoms. The largest absolute Gasteiger partial charge is 0.377 e. The number of aryl methyl sites for hydroxylation is 1. The smallest absolute Gasteiger partial charge is 0.227 e. The van der Waals surface area contributed by atoms with E-state index in [1.807, 2.05) is 47.0 Å². The molecule has 1 aliphatic rings. The van der Waals surface area contributed by atoms with E-state index in [4.69, 9.17) is 0 Å². The lowest BCUT2D eigenvalue weighted by atomic mass is 10.2. The zero-order valence-electron chi connectivity index (χ0n) is 12.4. The maximum absolute atomic E-state index is 11.8. The number of hydrogen-bond donors (Lipinski definition) is 1. The SMILES string of the molecule is CC(Nc1cccc(N2CCCC2=O)c1)c1ccnn1C. The molecule has 1 atom stereocenters. The van der Waals surface area contributed by atoms with Crippen molar-refractivity contribution in [3.63, 3.8) is 0 Å². The number of hydrogen-bond acceptors (Lipinski definition) is 3. The Hall–Kier alpha value is -2.30. The van der Waals surface area contributed by atoms with Crippen molar-refractivity contribution in [2.24, 2.45) is 7.05 Å². The van der Waals surface area contributed by atoms with Crippen LogP contribution in [0.15, 0.2) is 36.5 Å². The van der Waals surface area contributed by atoms with Gasteiger partial charge in [-0.05, 0) is 37.6 Å². The highest BCUT2D eigenvalue weighted by Crippen LogP contribution is 2.26. The van der Waals surface area contributed by atoms with E-state index < -0.39 is 0 Å². The van der Waals surface area contributed by atoms with Crippen LogP contribution in [0.3, 0.4) is 0 Å². The number of benzene rings is 1. The molecule has 1 N–H and O–H groups in total. The number of rotatable bonds is 4. The van der Waals surface area contributed by atoms with Crippen molar-refractivity contribution in [1.29, 1.82) is 0 Å². The summed E-state index contributed by atoms with van der Waals surface area (Å²) in [4.78, 5) is 13.7. The molecule has 21 heavy (non-hydrogen) atoms. The zero-order chi connectivity index (χ0) is 14.8. The highest BCUT2D eigenvalue weighted by Gasteiger charge is 2.21. The van der Waals surface area contributed by atoms with Gasteiger partial charge in [-0.2, -0.15) is 5.10 Å². The average Bonchev–Trinajstić information content (AvgIpc) is 3.07. The van der Waals surface area contributed by atoms with Crippen molar-refractivity contribution in [3.8, 4) is 0 Å². The summed E-state index contributed by atoms with van der Waals surface area (Å²) in [6, 6.07) is 10.2. The molecule has 0 bridgehead atoms. The Morgan fingerprint density at radius 1 is 1.33 bits per heavy atom. The Morgan fingerprint density at radius 3 is 2.86 bits per heavy atom. The molecule has 0 aliphatic carbocycles. The molecule has 3 rings (SSSR count). The first-order chi connectivity index (χ1) is 10.1. The van der Waals surface area contributed by atoms with E-state index in [2.05, 4.69) is 17.3 Å². The fourth-order valence-electron chi connectivity index (χ4n) is 2.82. The van der Waals surface area contributed by atoms with Crippen LogP contribution >= 0.6 is 0 Å². The van der Waals surface area contributed by atoms with Gasteiger partial charge in [0, 0.05) is 37.6 Å². The van der Waals surface area contributed by atoms with Gasteiger partial charge >= 0.3 is 0 Å². The molecule has 2 aromatic rings. The summed E-state index contributed by atoms with van der Waals surface area (Å²) in [6.45, 7) is 2.92. The molecule has 1 aromatic carbocycles. The van der Waals surface area contributed by atoms with E-state index in [1.54, 1.807) is 6.20 Å². The van der Waals surface area contributed by atoms with E-state index in [0.717, 1.165) is 30.0 Å². The predicted octanol–water partition coefficient (Wildman–Crippen LogP) is 2.72. The van der Waals surface area contributed by atoms with Crippen molar-refractivity contribution in [3.05, 3.63) is 42.2 Å². The second-order valence-electron chi connectivity index (χ2n) is 5.44. The van der Waals surface area contributed by atoms with Crippen LogP contribution < -0.4 is 10.2 Å². The van der Waals surface area contributed by atoms with Crippen LogP contribution in [0.2, 0.25) is 0 Å². The summed E-state index contributed by atoms with van der Waals surface area (Å²) >= 11 is 0. The van der Waals surface area contributed by atoms with Gasteiger partial charge in [-0.3, -0.25) is 9.48 Å². The highest BCUT2D eigenvalue weighted by atomic mass is 16.2. The van der Waals surface area contributed by atoms with Crippen LogP contribution in [0.5, 0.6) is 0 Å². The van der Waals surface area contributed by atoms with Gasteiger partial charge in [0.1, 0.15) is 0 Å². The van der Waals surface area contributed by atoms with Gasteiger partial charge in [-0.25, -0.2) is 0 Å². The predicted molar refractivity (Wildman–Crippen MR) is 83.3 cm³/mol. The summed E-state index contributed by atoms with van der Waals surface area (Å²) in [5.74, 6) is 0.215. The van der Waals surface area contributed by atoms with E-state index in [1.165, 1.54) is 0 Å². The van der Waals surface area contributed by atoms with Crippen molar-refractivity contribution >= 4 is 17.3 Å². The van der Waals surface area contributed by atoms with E-state index in [-0.39, 0.29) is 11.9 Å². The first kappa shape index (κ1) is 13.7. The molecule has 0 radical (unpaired) electrons. The fraction of sp³-hybridized carbons (Fsp3) is 0.375. The van der Waals surface area contributed by atoms with Crippen molar-refractivity contribution in [1.82, 2.24) is 9.78 Å². The molecular formula is C16H20N4O. The third kappa shape index (κ3) is 2.77. The number of amides is 1. The lowest BCUT2D eigenvalue weighted by Gasteiger charge is -2.19. The van der Waals surface area contributed by atoms with Crippen molar-refractivity contribution in [2.75, 3.05) is 16.8 Å². The van der Waals surface area contributed by atoms with Crippen LogP contribution in [0.4, 0.5) is 11.4 Å². The van der Waals surface area contributed by atoms with Crippen molar-refractivity contribution < 1.29 is 4.79 Å². The van der Waals surface area contributed by atoms with Crippen LogP contribution in [-0.2, 0) is 11.8 Å². The number of carbonyl (C=O) groups is 1. The number of anilines is 2. The van der Waals surface area contributed by atoms with Gasteiger partial charge in [0.25, 0.3) is 0 Å². The molecular weight excluding hydrogens is 264 g/mol. The molecule has 5 nitrogen and oxygen atoms in total. The van der Waals surface area contributed by atoms with E-state index in [9.17, 15) is 4.79 Å². The number of nitrogens with zero attached hydrogens (tertiary/aromatic N) is 3. The van der Waals surface area contributed by atoms with Crippen molar-refractivity contribution in [2.45, 2.75) is 25.8 Å². The Labute approximate surface area is 124 Å². The van der Waals surface area contributed by atoms with Gasteiger partial charge in [-0.15, -0.1) is 0 Å².